The van der Waals surface area contributed by atoms with E-state index in [1.807, 2.05) is 54.6 Å². The van der Waals surface area contributed by atoms with E-state index in [0.29, 0.717) is 49.4 Å². The zero-order valence-electron chi connectivity index (χ0n) is 22.4. The molecule has 9 nitrogen and oxygen atoms in total. The quantitative estimate of drug-likeness (QED) is 0.320. The summed E-state index contributed by atoms with van der Waals surface area (Å²) in [5, 5.41) is 3.06. The first kappa shape index (κ1) is 26.2. The molecule has 3 aromatic carbocycles. The summed E-state index contributed by atoms with van der Waals surface area (Å²) in [5.74, 6) is 1.76. The summed E-state index contributed by atoms with van der Waals surface area (Å²) in [4.78, 5) is 29.5. The van der Waals surface area contributed by atoms with Gasteiger partial charge in [0.05, 0.1) is 6.04 Å². The van der Waals surface area contributed by atoms with Gasteiger partial charge < -0.3 is 29.0 Å². The van der Waals surface area contributed by atoms with Crippen LogP contribution >= 0.6 is 0 Å². The maximum atomic E-state index is 13.4. The van der Waals surface area contributed by atoms with Gasteiger partial charge in [0.15, 0.2) is 23.0 Å². The fourth-order valence-corrected chi connectivity index (χ4v) is 4.99. The predicted molar refractivity (Wildman–Crippen MR) is 150 cm³/mol. The zero-order valence-corrected chi connectivity index (χ0v) is 22.4. The number of carbonyl (C=O) groups excluding carboxylic acids is 2. The van der Waals surface area contributed by atoms with Crippen molar-refractivity contribution in [2.45, 2.75) is 13.0 Å². The number of rotatable bonds is 7. The third-order valence-corrected chi connectivity index (χ3v) is 6.82. The SMILES string of the molecule is CC(=O)OC[C@@H](NC(=O)c1ccccn1)c1c(-c2ccc3c(c2)OCCO3)cccc1-c1ccc2c(c1)OCCO2. The maximum absolute atomic E-state index is 13.4. The third kappa shape index (κ3) is 5.65. The summed E-state index contributed by atoms with van der Waals surface area (Å²) >= 11 is 0. The first-order chi connectivity index (χ1) is 20.1. The van der Waals surface area contributed by atoms with Crippen molar-refractivity contribution in [3.63, 3.8) is 0 Å². The second-order valence-corrected chi connectivity index (χ2v) is 9.53. The van der Waals surface area contributed by atoms with E-state index < -0.39 is 17.9 Å². The molecule has 0 bridgehead atoms. The number of hydrogen-bond acceptors (Lipinski definition) is 8. The number of nitrogens with zero attached hydrogens (tertiary/aromatic N) is 1. The highest BCUT2D eigenvalue weighted by atomic mass is 16.6. The molecule has 1 aromatic heterocycles. The molecule has 0 aliphatic carbocycles. The number of carbonyl (C=O) groups is 2. The van der Waals surface area contributed by atoms with Crippen molar-refractivity contribution < 1.29 is 33.3 Å². The van der Waals surface area contributed by atoms with E-state index >= 15 is 0 Å². The van der Waals surface area contributed by atoms with E-state index in [1.54, 1.807) is 24.4 Å². The Hall–Kier alpha value is -5.05. The molecule has 0 spiro atoms. The van der Waals surface area contributed by atoms with Gasteiger partial charge in [0, 0.05) is 13.1 Å². The number of pyridine rings is 1. The van der Waals surface area contributed by atoms with Gasteiger partial charge in [-0.3, -0.25) is 14.6 Å². The molecule has 4 aromatic rings. The molecule has 0 unspecified atom stereocenters. The number of fused-ring (bicyclic) bond motifs is 2. The topological polar surface area (TPSA) is 105 Å². The Morgan fingerprint density at radius 2 is 1.37 bits per heavy atom. The normalized spacial score (nSPS) is 14.1. The second kappa shape index (κ2) is 11.6. The molecule has 2 aliphatic heterocycles. The van der Waals surface area contributed by atoms with Crippen molar-refractivity contribution in [2.24, 2.45) is 0 Å². The van der Waals surface area contributed by atoms with E-state index in [0.717, 1.165) is 27.8 Å². The highest BCUT2D eigenvalue weighted by Crippen LogP contribution is 2.42. The Kier molecular flexibility index (Phi) is 7.40. The molecule has 0 saturated carbocycles. The smallest absolute Gasteiger partial charge is 0.302 e. The molecule has 1 amide bonds. The fraction of sp³-hybridized carbons (Fsp3) is 0.219. The third-order valence-electron chi connectivity index (χ3n) is 6.82. The lowest BCUT2D eigenvalue weighted by Gasteiger charge is -2.26. The lowest BCUT2D eigenvalue weighted by atomic mass is 9.87. The molecular weight excluding hydrogens is 524 g/mol. The molecule has 1 N–H and O–H groups in total. The molecule has 2 aliphatic rings. The van der Waals surface area contributed by atoms with E-state index in [2.05, 4.69) is 10.3 Å². The average Bonchev–Trinajstić information content (AvgIpc) is 3.02. The van der Waals surface area contributed by atoms with Crippen molar-refractivity contribution in [3.8, 4) is 45.3 Å². The van der Waals surface area contributed by atoms with Gasteiger partial charge in [-0.05, 0) is 64.2 Å². The van der Waals surface area contributed by atoms with Crippen LogP contribution in [0.5, 0.6) is 23.0 Å². The molecule has 1 atom stereocenters. The Labute approximate surface area is 237 Å². The molecule has 41 heavy (non-hydrogen) atoms. The minimum atomic E-state index is -0.721. The van der Waals surface area contributed by atoms with Gasteiger partial charge in [-0.1, -0.05) is 36.4 Å². The van der Waals surface area contributed by atoms with Crippen LogP contribution < -0.4 is 24.3 Å². The average molecular weight is 553 g/mol. The lowest BCUT2D eigenvalue weighted by Crippen LogP contribution is -2.33. The number of nitrogens with one attached hydrogen (secondary N) is 1. The zero-order chi connectivity index (χ0) is 28.2. The minimum Gasteiger partial charge on any atom is -0.486 e. The van der Waals surface area contributed by atoms with Crippen molar-refractivity contribution >= 4 is 11.9 Å². The van der Waals surface area contributed by atoms with E-state index in [9.17, 15) is 9.59 Å². The van der Waals surface area contributed by atoms with Gasteiger partial charge >= 0.3 is 5.97 Å². The van der Waals surface area contributed by atoms with Gasteiger partial charge in [0.2, 0.25) is 0 Å². The first-order valence-electron chi connectivity index (χ1n) is 13.3. The Morgan fingerprint density at radius 3 is 1.90 bits per heavy atom. The summed E-state index contributed by atoms with van der Waals surface area (Å²) < 4.78 is 28.7. The van der Waals surface area contributed by atoms with Crippen LogP contribution in [0.4, 0.5) is 0 Å². The van der Waals surface area contributed by atoms with Gasteiger partial charge in [-0.2, -0.15) is 0 Å². The summed E-state index contributed by atoms with van der Waals surface area (Å²) in [6.07, 6.45) is 1.56. The highest BCUT2D eigenvalue weighted by molar-refractivity contribution is 5.93. The molecule has 0 saturated heterocycles. The van der Waals surface area contributed by atoms with E-state index in [-0.39, 0.29) is 12.3 Å². The predicted octanol–water partition coefficient (Wildman–Crippen LogP) is 4.99. The minimum absolute atomic E-state index is 0.0903. The van der Waals surface area contributed by atoms with Crippen molar-refractivity contribution in [3.05, 3.63) is 90.3 Å². The summed E-state index contributed by atoms with van der Waals surface area (Å²) in [5.41, 5.74) is 4.36. The molecule has 0 radical (unpaired) electrons. The van der Waals surface area contributed by atoms with Gasteiger partial charge in [-0.15, -0.1) is 0 Å². The van der Waals surface area contributed by atoms with Crippen LogP contribution in [0.2, 0.25) is 0 Å². The molecule has 9 heteroatoms. The molecule has 208 valence electrons. The van der Waals surface area contributed by atoms with Crippen LogP contribution in [0.1, 0.15) is 29.0 Å². The van der Waals surface area contributed by atoms with Crippen LogP contribution in [0.15, 0.2) is 79.0 Å². The van der Waals surface area contributed by atoms with Crippen molar-refractivity contribution in [1.29, 1.82) is 0 Å². The van der Waals surface area contributed by atoms with Crippen LogP contribution in [-0.2, 0) is 9.53 Å². The lowest BCUT2D eigenvalue weighted by molar-refractivity contribution is -0.141. The van der Waals surface area contributed by atoms with Gasteiger partial charge in [0.1, 0.15) is 38.7 Å². The summed E-state index contributed by atoms with van der Waals surface area (Å²) in [7, 11) is 0. The Bertz CT molecular complexity index is 1510. The standard InChI is InChI=1S/C32H28N2O7/c1-20(35)41-19-26(34-32(36)25-7-2-3-12-33-25)31-23(21-8-10-27-29(17-21)39-15-13-37-27)5-4-6-24(31)22-9-11-28-30(18-22)40-16-14-38-28/h2-12,17-18,26H,13-16,19H2,1H3,(H,34,36)/t26-/m1/s1. The summed E-state index contributed by atoms with van der Waals surface area (Å²) in [6.45, 7) is 3.13. The van der Waals surface area contributed by atoms with Crippen molar-refractivity contribution in [2.75, 3.05) is 33.0 Å². The van der Waals surface area contributed by atoms with Crippen LogP contribution in [0.3, 0.4) is 0 Å². The van der Waals surface area contributed by atoms with Crippen molar-refractivity contribution in [1.82, 2.24) is 10.3 Å². The molecule has 3 heterocycles. The Balaban J connectivity index is 1.51. The number of ether oxygens (including phenoxy) is 5. The highest BCUT2D eigenvalue weighted by Gasteiger charge is 2.26. The maximum Gasteiger partial charge on any atom is 0.302 e. The number of amides is 1. The number of esters is 1. The van der Waals surface area contributed by atoms with Crippen LogP contribution in [0.25, 0.3) is 22.3 Å². The molecule has 6 rings (SSSR count). The van der Waals surface area contributed by atoms with Gasteiger partial charge in [-0.25, -0.2) is 0 Å². The van der Waals surface area contributed by atoms with E-state index in [4.69, 9.17) is 23.7 Å². The van der Waals surface area contributed by atoms with Gasteiger partial charge in [0.25, 0.3) is 5.91 Å². The monoisotopic (exact) mass is 552 g/mol. The van der Waals surface area contributed by atoms with Crippen LogP contribution in [0, 0.1) is 0 Å². The van der Waals surface area contributed by atoms with Crippen LogP contribution in [-0.4, -0.2) is 49.9 Å². The number of hydrogen-bond donors (Lipinski definition) is 1. The first-order valence-corrected chi connectivity index (χ1v) is 13.3. The summed E-state index contributed by atoms with van der Waals surface area (Å²) in [6, 6.07) is 21.8. The largest absolute Gasteiger partial charge is 0.486 e. The molecular formula is C32H28N2O7. The van der Waals surface area contributed by atoms with E-state index in [1.165, 1.54) is 6.92 Å². The number of benzene rings is 3. The number of aromatic nitrogens is 1. The molecule has 0 fully saturated rings. The second-order valence-electron chi connectivity index (χ2n) is 9.53. The fourth-order valence-electron chi connectivity index (χ4n) is 4.99. The Morgan fingerprint density at radius 1 is 0.780 bits per heavy atom.